The SMILES string of the molecule is Cn1nccc1CN1CCC(c2nc(-c3ccccn3)ncc2S(C)(=O)=O)CC1. The molecule has 0 aromatic carbocycles. The van der Waals surface area contributed by atoms with Crippen LogP contribution in [0, 0.1) is 0 Å². The number of aryl methyl sites for hydroxylation is 1. The summed E-state index contributed by atoms with van der Waals surface area (Å²) in [5.41, 5.74) is 2.42. The molecule has 4 heterocycles. The van der Waals surface area contributed by atoms with Crippen molar-refractivity contribution in [1.82, 2.24) is 29.6 Å². The smallest absolute Gasteiger partial charge is 0.178 e. The quantitative estimate of drug-likeness (QED) is 0.633. The summed E-state index contributed by atoms with van der Waals surface area (Å²) in [6.07, 6.45) is 7.83. The van der Waals surface area contributed by atoms with Gasteiger partial charge in [-0.2, -0.15) is 5.10 Å². The Hall–Kier alpha value is -2.65. The van der Waals surface area contributed by atoms with Crippen LogP contribution in [0.2, 0.25) is 0 Å². The number of hydrogen-bond donors (Lipinski definition) is 0. The molecule has 0 aliphatic carbocycles. The van der Waals surface area contributed by atoms with Gasteiger partial charge >= 0.3 is 0 Å². The van der Waals surface area contributed by atoms with Gasteiger partial charge in [-0.15, -0.1) is 0 Å². The van der Waals surface area contributed by atoms with Gasteiger partial charge in [0.05, 0.1) is 11.4 Å². The van der Waals surface area contributed by atoms with Gasteiger partial charge in [-0.05, 0) is 44.1 Å². The fraction of sp³-hybridized carbons (Fsp3) is 0.400. The minimum Gasteiger partial charge on any atom is -0.297 e. The summed E-state index contributed by atoms with van der Waals surface area (Å²) in [6.45, 7) is 2.59. The van der Waals surface area contributed by atoms with Crippen LogP contribution in [0.5, 0.6) is 0 Å². The molecule has 0 N–H and O–H groups in total. The van der Waals surface area contributed by atoms with E-state index in [-0.39, 0.29) is 10.8 Å². The maximum absolute atomic E-state index is 12.3. The van der Waals surface area contributed by atoms with E-state index >= 15 is 0 Å². The first kappa shape index (κ1) is 19.7. The summed E-state index contributed by atoms with van der Waals surface area (Å²) in [4.78, 5) is 15.8. The molecule has 152 valence electrons. The van der Waals surface area contributed by atoms with E-state index in [2.05, 4.69) is 25.0 Å². The largest absolute Gasteiger partial charge is 0.297 e. The molecular weight excluding hydrogens is 388 g/mol. The van der Waals surface area contributed by atoms with Crippen molar-refractivity contribution < 1.29 is 8.42 Å². The second kappa shape index (κ2) is 8.00. The predicted octanol–water partition coefficient (Wildman–Crippen LogP) is 2.06. The Morgan fingerprint density at radius 2 is 1.90 bits per heavy atom. The Morgan fingerprint density at radius 3 is 2.52 bits per heavy atom. The van der Waals surface area contributed by atoms with E-state index in [1.807, 2.05) is 36.0 Å². The first-order valence-corrected chi connectivity index (χ1v) is 11.5. The van der Waals surface area contributed by atoms with Gasteiger partial charge < -0.3 is 0 Å². The van der Waals surface area contributed by atoms with Crippen LogP contribution in [0.3, 0.4) is 0 Å². The zero-order chi connectivity index (χ0) is 20.4. The number of likely N-dealkylation sites (tertiary alicyclic amines) is 1. The third-order valence-corrected chi connectivity index (χ3v) is 6.47. The summed E-state index contributed by atoms with van der Waals surface area (Å²) in [6, 6.07) is 7.55. The molecule has 0 spiro atoms. The molecule has 1 aliphatic rings. The first-order valence-electron chi connectivity index (χ1n) is 9.59. The fourth-order valence-corrected chi connectivity index (χ4v) is 4.57. The van der Waals surface area contributed by atoms with Crippen molar-refractivity contribution in [3.63, 3.8) is 0 Å². The summed E-state index contributed by atoms with van der Waals surface area (Å²) in [7, 11) is -1.47. The van der Waals surface area contributed by atoms with Gasteiger partial charge in [0.2, 0.25) is 0 Å². The maximum atomic E-state index is 12.3. The van der Waals surface area contributed by atoms with Gasteiger partial charge in [-0.3, -0.25) is 14.6 Å². The van der Waals surface area contributed by atoms with Crippen LogP contribution in [0.15, 0.2) is 47.8 Å². The highest BCUT2D eigenvalue weighted by molar-refractivity contribution is 7.90. The molecule has 0 amide bonds. The van der Waals surface area contributed by atoms with E-state index in [1.165, 1.54) is 18.1 Å². The van der Waals surface area contributed by atoms with E-state index < -0.39 is 9.84 Å². The van der Waals surface area contributed by atoms with Crippen molar-refractivity contribution in [2.75, 3.05) is 19.3 Å². The zero-order valence-electron chi connectivity index (χ0n) is 16.6. The molecule has 29 heavy (non-hydrogen) atoms. The van der Waals surface area contributed by atoms with Crippen LogP contribution in [0.25, 0.3) is 11.5 Å². The van der Waals surface area contributed by atoms with Crippen LogP contribution in [-0.4, -0.2) is 57.4 Å². The standard InChI is InChI=1S/C20H24N6O2S/c1-25-16(6-10-23-25)14-26-11-7-15(8-12-26)19-18(29(2,27)28)13-22-20(24-19)17-5-3-4-9-21-17/h3-6,9-10,13,15H,7-8,11-12,14H2,1-2H3. The van der Waals surface area contributed by atoms with Crippen LogP contribution in [0.4, 0.5) is 0 Å². The second-order valence-corrected chi connectivity index (χ2v) is 9.41. The lowest BCUT2D eigenvalue weighted by molar-refractivity contribution is 0.198. The van der Waals surface area contributed by atoms with E-state index in [0.717, 1.165) is 32.5 Å². The molecule has 3 aromatic rings. The van der Waals surface area contributed by atoms with E-state index in [4.69, 9.17) is 0 Å². The van der Waals surface area contributed by atoms with Crippen LogP contribution in [0.1, 0.15) is 30.1 Å². The monoisotopic (exact) mass is 412 g/mol. The highest BCUT2D eigenvalue weighted by Crippen LogP contribution is 2.32. The Kier molecular flexibility index (Phi) is 5.42. The number of rotatable bonds is 5. The predicted molar refractivity (Wildman–Crippen MR) is 109 cm³/mol. The Bertz CT molecular complexity index is 1090. The summed E-state index contributed by atoms with van der Waals surface area (Å²) in [5, 5.41) is 4.22. The molecule has 1 saturated heterocycles. The van der Waals surface area contributed by atoms with Crippen molar-refractivity contribution in [2.45, 2.75) is 30.2 Å². The number of pyridine rings is 1. The Labute approximate surface area is 170 Å². The first-order chi connectivity index (χ1) is 13.9. The molecule has 3 aromatic heterocycles. The van der Waals surface area contributed by atoms with Crippen molar-refractivity contribution in [2.24, 2.45) is 7.05 Å². The van der Waals surface area contributed by atoms with Crippen LogP contribution in [-0.2, 0) is 23.4 Å². The summed E-state index contributed by atoms with van der Waals surface area (Å²) >= 11 is 0. The molecule has 9 heteroatoms. The number of hydrogen-bond acceptors (Lipinski definition) is 7. The average Bonchev–Trinajstić information content (AvgIpc) is 3.12. The average molecular weight is 413 g/mol. The third-order valence-electron chi connectivity index (χ3n) is 5.36. The molecule has 0 atom stereocenters. The lowest BCUT2D eigenvalue weighted by atomic mass is 9.93. The molecule has 1 aliphatic heterocycles. The van der Waals surface area contributed by atoms with Crippen molar-refractivity contribution >= 4 is 9.84 Å². The molecule has 0 radical (unpaired) electrons. The Balaban J connectivity index is 1.58. The molecule has 4 rings (SSSR count). The summed E-state index contributed by atoms with van der Waals surface area (Å²) < 4.78 is 26.6. The van der Waals surface area contributed by atoms with Gasteiger partial charge in [0.15, 0.2) is 15.7 Å². The van der Waals surface area contributed by atoms with Crippen molar-refractivity contribution in [1.29, 1.82) is 0 Å². The topological polar surface area (TPSA) is 93.9 Å². The maximum Gasteiger partial charge on any atom is 0.178 e. The van der Waals surface area contributed by atoms with Crippen molar-refractivity contribution in [3.05, 3.63) is 54.2 Å². The highest BCUT2D eigenvalue weighted by atomic mass is 32.2. The van der Waals surface area contributed by atoms with Crippen molar-refractivity contribution in [3.8, 4) is 11.5 Å². The minimum absolute atomic E-state index is 0.0768. The number of nitrogens with zero attached hydrogens (tertiary/aromatic N) is 6. The number of piperidine rings is 1. The normalized spacial score (nSPS) is 16.2. The van der Waals surface area contributed by atoms with E-state index in [1.54, 1.807) is 12.4 Å². The van der Waals surface area contributed by atoms with E-state index in [0.29, 0.717) is 17.2 Å². The lowest BCUT2D eigenvalue weighted by Crippen LogP contribution is -2.33. The number of aromatic nitrogens is 5. The van der Waals surface area contributed by atoms with Crippen LogP contribution < -0.4 is 0 Å². The molecule has 8 nitrogen and oxygen atoms in total. The zero-order valence-corrected chi connectivity index (χ0v) is 17.4. The molecule has 0 unspecified atom stereocenters. The Morgan fingerprint density at radius 1 is 1.10 bits per heavy atom. The second-order valence-electron chi connectivity index (χ2n) is 7.43. The fourth-order valence-electron chi connectivity index (χ4n) is 3.73. The van der Waals surface area contributed by atoms with Gasteiger partial charge in [-0.1, -0.05) is 6.07 Å². The van der Waals surface area contributed by atoms with Gasteiger partial charge in [0, 0.05) is 44.4 Å². The lowest BCUT2D eigenvalue weighted by Gasteiger charge is -2.32. The molecular formula is C20H24N6O2S. The van der Waals surface area contributed by atoms with E-state index in [9.17, 15) is 8.42 Å². The van der Waals surface area contributed by atoms with Crippen LogP contribution >= 0.6 is 0 Å². The third kappa shape index (κ3) is 4.35. The van der Waals surface area contributed by atoms with Gasteiger partial charge in [-0.25, -0.2) is 18.4 Å². The minimum atomic E-state index is -3.41. The molecule has 1 fully saturated rings. The molecule has 0 saturated carbocycles. The highest BCUT2D eigenvalue weighted by Gasteiger charge is 2.28. The van der Waals surface area contributed by atoms with Gasteiger partial charge in [0.1, 0.15) is 10.6 Å². The number of sulfone groups is 1. The van der Waals surface area contributed by atoms with Gasteiger partial charge in [0.25, 0.3) is 0 Å². The summed E-state index contributed by atoms with van der Waals surface area (Å²) in [5.74, 6) is 0.540. The molecule has 0 bridgehead atoms.